The zero-order valence-electron chi connectivity index (χ0n) is 11.5. The summed E-state index contributed by atoms with van der Waals surface area (Å²) < 4.78 is 0. The molecule has 0 bridgehead atoms. The van der Waals surface area contributed by atoms with Crippen molar-refractivity contribution in [1.82, 2.24) is 10.3 Å². The maximum Gasteiger partial charge on any atom is 0.0897 e. The Balaban J connectivity index is 1.96. The zero-order valence-corrected chi connectivity index (χ0v) is 12.3. The van der Waals surface area contributed by atoms with Crippen molar-refractivity contribution in [3.8, 4) is 0 Å². The van der Waals surface area contributed by atoms with Crippen molar-refractivity contribution >= 4 is 11.3 Å². The van der Waals surface area contributed by atoms with Crippen LogP contribution >= 0.6 is 11.3 Å². The molecular formula is C15H20N2S. The second-order valence-corrected chi connectivity index (χ2v) is 5.89. The molecule has 0 atom stereocenters. The maximum absolute atomic E-state index is 4.45. The van der Waals surface area contributed by atoms with Crippen LogP contribution in [0.3, 0.4) is 0 Å². The predicted molar refractivity (Wildman–Crippen MR) is 78.0 cm³/mol. The minimum Gasteiger partial charge on any atom is -0.307 e. The normalized spacial score (nSPS) is 10.9. The summed E-state index contributed by atoms with van der Waals surface area (Å²) in [6.45, 7) is 10.3. The van der Waals surface area contributed by atoms with Gasteiger partial charge in [0.15, 0.2) is 0 Å². The first-order chi connectivity index (χ1) is 8.56. The third-order valence-electron chi connectivity index (χ3n) is 3.24. The third kappa shape index (κ3) is 3.18. The number of hydrogen-bond donors (Lipinski definition) is 1. The number of hydrogen-bond acceptors (Lipinski definition) is 3. The lowest BCUT2D eigenvalue weighted by molar-refractivity contribution is 0.678. The van der Waals surface area contributed by atoms with E-state index < -0.39 is 0 Å². The van der Waals surface area contributed by atoms with Gasteiger partial charge in [-0.3, -0.25) is 0 Å². The summed E-state index contributed by atoms with van der Waals surface area (Å²) in [7, 11) is 0. The molecule has 0 spiro atoms. The van der Waals surface area contributed by atoms with Crippen molar-refractivity contribution in [3.63, 3.8) is 0 Å². The number of nitrogens with zero attached hydrogens (tertiary/aromatic N) is 1. The van der Waals surface area contributed by atoms with Gasteiger partial charge in [0.25, 0.3) is 0 Å². The molecule has 18 heavy (non-hydrogen) atoms. The lowest BCUT2D eigenvalue weighted by Crippen LogP contribution is -2.14. The summed E-state index contributed by atoms with van der Waals surface area (Å²) in [5.41, 5.74) is 6.61. The highest BCUT2D eigenvalue weighted by Crippen LogP contribution is 2.15. The summed E-state index contributed by atoms with van der Waals surface area (Å²) in [5.74, 6) is 0. The van der Waals surface area contributed by atoms with Gasteiger partial charge in [0, 0.05) is 18.5 Å². The minimum atomic E-state index is 0.844. The Morgan fingerprint density at radius 1 is 1.00 bits per heavy atom. The van der Waals surface area contributed by atoms with Crippen molar-refractivity contribution in [1.29, 1.82) is 0 Å². The molecule has 1 N–H and O–H groups in total. The van der Waals surface area contributed by atoms with E-state index in [2.05, 4.69) is 48.6 Å². The molecule has 2 aromatic rings. The fourth-order valence-electron chi connectivity index (χ4n) is 2.03. The SMILES string of the molecule is Cc1nc(CNCc2cc(C)c(C)cc2C)cs1. The minimum absolute atomic E-state index is 0.844. The van der Waals surface area contributed by atoms with E-state index in [0.29, 0.717) is 0 Å². The number of rotatable bonds is 4. The van der Waals surface area contributed by atoms with Crippen LogP contribution in [-0.2, 0) is 13.1 Å². The lowest BCUT2D eigenvalue weighted by atomic mass is 10.0. The lowest BCUT2D eigenvalue weighted by Gasteiger charge is -2.10. The summed E-state index contributed by atoms with van der Waals surface area (Å²) in [5, 5.41) is 6.72. The molecule has 0 saturated heterocycles. The number of aryl methyl sites for hydroxylation is 4. The topological polar surface area (TPSA) is 24.9 Å². The van der Waals surface area contributed by atoms with Crippen LogP contribution in [0.15, 0.2) is 17.5 Å². The van der Waals surface area contributed by atoms with E-state index in [1.165, 1.54) is 22.3 Å². The zero-order chi connectivity index (χ0) is 13.1. The second-order valence-electron chi connectivity index (χ2n) is 4.82. The van der Waals surface area contributed by atoms with Gasteiger partial charge in [-0.15, -0.1) is 11.3 Å². The van der Waals surface area contributed by atoms with Gasteiger partial charge in [-0.2, -0.15) is 0 Å². The van der Waals surface area contributed by atoms with Gasteiger partial charge in [-0.1, -0.05) is 12.1 Å². The van der Waals surface area contributed by atoms with E-state index in [9.17, 15) is 0 Å². The van der Waals surface area contributed by atoms with Crippen LogP contribution in [0.5, 0.6) is 0 Å². The van der Waals surface area contributed by atoms with Crippen LogP contribution in [0.2, 0.25) is 0 Å². The van der Waals surface area contributed by atoms with Crippen LogP contribution in [0, 0.1) is 27.7 Å². The summed E-state index contributed by atoms with van der Waals surface area (Å²) in [6, 6.07) is 4.54. The Morgan fingerprint density at radius 3 is 2.39 bits per heavy atom. The molecule has 0 amide bonds. The molecule has 1 aromatic carbocycles. The first-order valence-electron chi connectivity index (χ1n) is 6.24. The Morgan fingerprint density at radius 2 is 1.72 bits per heavy atom. The number of aromatic nitrogens is 1. The molecule has 2 nitrogen and oxygen atoms in total. The number of benzene rings is 1. The fraction of sp³-hybridized carbons (Fsp3) is 0.400. The smallest absolute Gasteiger partial charge is 0.0897 e. The summed E-state index contributed by atoms with van der Waals surface area (Å²) in [6.07, 6.45) is 0. The third-order valence-corrected chi connectivity index (χ3v) is 4.06. The van der Waals surface area contributed by atoms with E-state index in [1.807, 2.05) is 6.92 Å². The quantitative estimate of drug-likeness (QED) is 0.907. The van der Waals surface area contributed by atoms with Gasteiger partial charge >= 0.3 is 0 Å². The molecule has 0 saturated carbocycles. The highest BCUT2D eigenvalue weighted by molar-refractivity contribution is 7.09. The van der Waals surface area contributed by atoms with Crippen LogP contribution in [-0.4, -0.2) is 4.98 Å². The Bertz CT molecular complexity index is 543. The van der Waals surface area contributed by atoms with Crippen LogP contribution in [0.1, 0.15) is 33.0 Å². The van der Waals surface area contributed by atoms with E-state index in [-0.39, 0.29) is 0 Å². The van der Waals surface area contributed by atoms with Crippen LogP contribution in [0.4, 0.5) is 0 Å². The number of nitrogens with one attached hydrogen (secondary N) is 1. The van der Waals surface area contributed by atoms with Crippen molar-refractivity contribution in [3.05, 3.63) is 50.5 Å². The van der Waals surface area contributed by atoms with Gasteiger partial charge in [0.1, 0.15) is 0 Å². The largest absolute Gasteiger partial charge is 0.307 e. The summed E-state index contributed by atoms with van der Waals surface area (Å²) in [4.78, 5) is 4.45. The van der Waals surface area contributed by atoms with Gasteiger partial charge in [0.05, 0.1) is 10.7 Å². The average Bonchev–Trinajstić information content (AvgIpc) is 2.71. The van der Waals surface area contributed by atoms with Gasteiger partial charge in [0.2, 0.25) is 0 Å². The van der Waals surface area contributed by atoms with Crippen LogP contribution < -0.4 is 5.32 Å². The molecule has 0 aliphatic heterocycles. The molecule has 2 rings (SSSR count). The van der Waals surface area contributed by atoms with Crippen molar-refractivity contribution in [2.45, 2.75) is 40.8 Å². The molecule has 1 aromatic heterocycles. The van der Waals surface area contributed by atoms with Gasteiger partial charge < -0.3 is 5.32 Å². The Kier molecular flexibility index (Phi) is 4.15. The molecular weight excluding hydrogens is 240 g/mol. The van der Waals surface area contributed by atoms with E-state index in [1.54, 1.807) is 11.3 Å². The Labute approximate surface area is 113 Å². The number of thiazole rings is 1. The van der Waals surface area contributed by atoms with Gasteiger partial charge in [-0.05, 0) is 49.9 Å². The fourth-order valence-corrected chi connectivity index (χ4v) is 2.64. The molecule has 1 heterocycles. The second kappa shape index (κ2) is 5.63. The molecule has 0 aliphatic carbocycles. The molecule has 96 valence electrons. The monoisotopic (exact) mass is 260 g/mol. The molecule has 0 aliphatic rings. The van der Waals surface area contributed by atoms with Crippen molar-refractivity contribution < 1.29 is 0 Å². The molecule has 3 heteroatoms. The van der Waals surface area contributed by atoms with Crippen LogP contribution in [0.25, 0.3) is 0 Å². The van der Waals surface area contributed by atoms with E-state index in [0.717, 1.165) is 23.8 Å². The highest BCUT2D eigenvalue weighted by atomic mass is 32.1. The standard InChI is InChI=1S/C15H20N2S/c1-10-5-12(3)14(6-11(10)2)7-16-8-15-9-18-13(4)17-15/h5-6,9,16H,7-8H2,1-4H3. The first kappa shape index (κ1) is 13.2. The molecule has 0 fully saturated rings. The summed E-state index contributed by atoms with van der Waals surface area (Å²) >= 11 is 1.71. The molecule has 0 unspecified atom stereocenters. The predicted octanol–water partition coefficient (Wildman–Crippen LogP) is 3.67. The Hall–Kier alpha value is -1.19. The highest BCUT2D eigenvalue weighted by Gasteiger charge is 2.02. The van der Waals surface area contributed by atoms with E-state index >= 15 is 0 Å². The van der Waals surface area contributed by atoms with Crippen molar-refractivity contribution in [2.75, 3.05) is 0 Å². The van der Waals surface area contributed by atoms with Gasteiger partial charge in [-0.25, -0.2) is 4.98 Å². The van der Waals surface area contributed by atoms with Crippen molar-refractivity contribution in [2.24, 2.45) is 0 Å². The molecule has 0 radical (unpaired) electrons. The average molecular weight is 260 g/mol. The first-order valence-corrected chi connectivity index (χ1v) is 7.12. The van der Waals surface area contributed by atoms with E-state index in [4.69, 9.17) is 0 Å². The maximum atomic E-state index is 4.45.